The first-order valence-corrected chi connectivity index (χ1v) is 17.1. The average Bonchev–Trinajstić information content (AvgIpc) is 3.11. The predicted molar refractivity (Wildman–Crippen MR) is 194 cm³/mol. The molecule has 1 atom stereocenters. The lowest BCUT2D eigenvalue weighted by molar-refractivity contribution is -0.148. The molecule has 14 heteroatoms. The average molecular weight is 713 g/mol. The lowest BCUT2D eigenvalue weighted by Gasteiger charge is -2.32. The van der Waals surface area contributed by atoms with Crippen LogP contribution < -0.4 is 0 Å². The number of benzene rings is 1. The van der Waals surface area contributed by atoms with E-state index in [2.05, 4.69) is 12.5 Å². The molecule has 0 saturated heterocycles. The number of hydrogen-bond acceptors (Lipinski definition) is 8. The van der Waals surface area contributed by atoms with Gasteiger partial charge in [-0.05, 0) is 25.8 Å². The second kappa shape index (κ2) is 24.4. The molecule has 0 radical (unpaired) electrons. The van der Waals surface area contributed by atoms with Crippen LogP contribution in [0, 0.1) is 12.3 Å². The maximum absolute atomic E-state index is 13.7. The quantitative estimate of drug-likeness (QED) is 0.115. The van der Waals surface area contributed by atoms with Gasteiger partial charge in [0, 0.05) is 53.9 Å². The van der Waals surface area contributed by atoms with Gasteiger partial charge in [-0.3, -0.25) is 28.8 Å². The van der Waals surface area contributed by atoms with Crippen LogP contribution in [-0.2, 0) is 38.2 Å². The van der Waals surface area contributed by atoms with Crippen LogP contribution in [0.25, 0.3) is 0 Å². The fourth-order valence-electron chi connectivity index (χ4n) is 5.20. The fraction of sp³-hybridized carbons (Fsp3) is 0.568. The largest absolute Gasteiger partial charge is 0.383 e. The van der Waals surface area contributed by atoms with Gasteiger partial charge >= 0.3 is 0 Å². The Morgan fingerprint density at radius 1 is 0.745 bits per heavy atom. The van der Waals surface area contributed by atoms with Crippen molar-refractivity contribution in [3.8, 4) is 12.3 Å². The van der Waals surface area contributed by atoms with Crippen molar-refractivity contribution in [3.63, 3.8) is 0 Å². The van der Waals surface area contributed by atoms with Gasteiger partial charge in [0.25, 0.3) is 0 Å². The standard InChI is InChI=1S/C37H56N6O8/c1-9-18-39(25-33(45)38(12-4)21-23-50-7)34(46)26-40(19-10-2)35(47)27-41(20-11-3)36(48)28-42(22-24-51-8)37(49)29-43(31(6)44)30(5)32-16-14-13-15-17-32/h1,11,13-17,30H,3,10,12,18-29H2,2,4-8H3. The molecule has 0 aliphatic heterocycles. The summed E-state index contributed by atoms with van der Waals surface area (Å²) in [6.45, 7) is 10.4. The van der Waals surface area contributed by atoms with E-state index in [1.165, 1.54) is 51.7 Å². The predicted octanol–water partition coefficient (Wildman–Crippen LogP) is 1.28. The van der Waals surface area contributed by atoms with Crippen molar-refractivity contribution in [1.82, 2.24) is 29.4 Å². The third-order valence-corrected chi connectivity index (χ3v) is 8.17. The highest BCUT2D eigenvalue weighted by molar-refractivity contribution is 5.92. The van der Waals surface area contributed by atoms with E-state index < -0.39 is 29.7 Å². The Balaban J connectivity index is 3.13. The van der Waals surface area contributed by atoms with Crippen LogP contribution in [0.3, 0.4) is 0 Å². The maximum Gasteiger partial charge on any atom is 0.243 e. The molecule has 0 aromatic heterocycles. The number of rotatable bonds is 24. The summed E-state index contributed by atoms with van der Waals surface area (Å²) in [6, 6.07) is 8.90. The van der Waals surface area contributed by atoms with E-state index in [1.54, 1.807) is 4.90 Å². The monoisotopic (exact) mass is 712 g/mol. The van der Waals surface area contributed by atoms with Crippen molar-refractivity contribution >= 4 is 35.4 Å². The van der Waals surface area contributed by atoms with Gasteiger partial charge in [0.05, 0.1) is 38.9 Å². The lowest BCUT2D eigenvalue weighted by Crippen LogP contribution is -2.52. The summed E-state index contributed by atoms with van der Waals surface area (Å²) in [5, 5.41) is 0. The second-order valence-electron chi connectivity index (χ2n) is 11.8. The molecule has 0 aliphatic carbocycles. The zero-order chi connectivity index (χ0) is 38.3. The smallest absolute Gasteiger partial charge is 0.243 e. The number of carbonyl (C=O) groups excluding carboxylic acids is 6. The Bertz CT molecular complexity index is 1330. The molecule has 1 unspecified atom stereocenters. The normalized spacial score (nSPS) is 11.1. The fourth-order valence-corrected chi connectivity index (χ4v) is 5.20. The van der Waals surface area contributed by atoms with Crippen molar-refractivity contribution in [2.75, 3.05) is 99.4 Å². The molecule has 14 nitrogen and oxygen atoms in total. The summed E-state index contributed by atoms with van der Waals surface area (Å²) < 4.78 is 10.3. The number of methoxy groups -OCH3 is 2. The first kappa shape index (κ1) is 44.3. The number of amides is 6. The molecule has 0 aliphatic rings. The summed E-state index contributed by atoms with van der Waals surface area (Å²) in [7, 11) is 3.00. The van der Waals surface area contributed by atoms with Crippen LogP contribution in [0.15, 0.2) is 43.0 Å². The zero-order valence-electron chi connectivity index (χ0n) is 31.2. The minimum atomic E-state index is -0.531. The molecule has 6 amide bonds. The van der Waals surface area contributed by atoms with Crippen LogP contribution in [0.4, 0.5) is 0 Å². The van der Waals surface area contributed by atoms with E-state index in [4.69, 9.17) is 15.9 Å². The Hall–Kier alpha value is -4.74. The van der Waals surface area contributed by atoms with Gasteiger partial charge in [0.2, 0.25) is 35.4 Å². The van der Waals surface area contributed by atoms with Crippen molar-refractivity contribution in [3.05, 3.63) is 48.6 Å². The van der Waals surface area contributed by atoms with Crippen LogP contribution >= 0.6 is 0 Å². The highest BCUT2D eigenvalue weighted by Crippen LogP contribution is 2.20. The van der Waals surface area contributed by atoms with Crippen molar-refractivity contribution in [1.29, 1.82) is 0 Å². The van der Waals surface area contributed by atoms with E-state index in [9.17, 15) is 28.8 Å². The summed E-state index contributed by atoms with van der Waals surface area (Å²) in [4.78, 5) is 87.8. The molecule has 0 bridgehead atoms. The van der Waals surface area contributed by atoms with Crippen molar-refractivity contribution in [2.24, 2.45) is 0 Å². The van der Waals surface area contributed by atoms with Crippen molar-refractivity contribution < 1.29 is 38.2 Å². The van der Waals surface area contributed by atoms with Gasteiger partial charge in [0.15, 0.2) is 0 Å². The molecule has 0 heterocycles. The van der Waals surface area contributed by atoms with Crippen LogP contribution in [0.5, 0.6) is 0 Å². The molecule has 1 rings (SSSR count). The Labute approximate surface area is 303 Å². The second-order valence-corrected chi connectivity index (χ2v) is 11.8. The Morgan fingerprint density at radius 2 is 1.22 bits per heavy atom. The number of ether oxygens (including phenoxy) is 2. The molecular weight excluding hydrogens is 656 g/mol. The maximum atomic E-state index is 13.7. The van der Waals surface area contributed by atoms with Gasteiger partial charge in [-0.1, -0.05) is 49.3 Å². The molecule has 0 fully saturated rings. The van der Waals surface area contributed by atoms with Gasteiger partial charge in [0.1, 0.15) is 19.6 Å². The minimum Gasteiger partial charge on any atom is -0.383 e. The molecule has 51 heavy (non-hydrogen) atoms. The molecule has 1 aromatic carbocycles. The number of hydrogen-bond donors (Lipinski definition) is 0. The molecule has 1 aromatic rings. The number of likely N-dealkylation sites (N-methyl/N-ethyl adjacent to an activating group) is 1. The van der Waals surface area contributed by atoms with Crippen LogP contribution in [0.2, 0.25) is 0 Å². The molecule has 0 spiro atoms. The Kier molecular flexibility index (Phi) is 21.2. The third kappa shape index (κ3) is 15.4. The number of terminal acetylenes is 1. The topological polar surface area (TPSA) is 140 Å². The van der Waals surface area contributed by atoms with Gasteiger partial charge < -0.3 is 38.9 Å². The number of nitrogens with zero attached hydrogens (tertiary/aromatic N) is 6. The summed E-state index contributed by atoms with van der Waals surface area (Å²) in [5.41, 5.74) is 0.852. The highest BCUT2D eigenvalue weighted by atomic mass is 16.5. The summed E-state index contributed by atoms with van der Waals surface area (Å²) in [6.07, 6.45) is 7.50. The third-order valence-electron chi connectivity index (χ3n) is 8.17. The molecule has 0 saturated carbocycles. The Morgan fingerprint density at radius 3 is 1.73 bits per heavy atom. The number of carbonyl (C=O) groups is 6. The van der Waals surface area contributed by atoms with Crippen LogP contribution in [-0.4, -0.2) is 164 Å². The van der Waals surface area contributed by atoms with Crippen molar-refractivity contribution in [2.45, 2.75) is 40.2 Å². The van der Waals surface area contributed by atoms with E-state index in [1.807, 2.05) is 51.1 Å². The zero-order valence-corrected chi connectivity index (χ0v) is 31.2. The highest BCUT2D eigenvalue weighted by Gasteiger charge is 2.29. The summed E-state index contributed by atoms with van der Waals surface area (Å²) >= 11 is 0. The van der Waals surface area contributed by atoms with E-state index in [-0.39, 0.29) is 77.3 Å². The first-order valence-electron chi connectivity index (χ1n) is 17.1. The summed E-state index contributed by atoms with van der Waals surface area (Å²) in [5.74, 6) is -0.211. The van der Waals surface area contributed by atoms with Gasteiger partial charge in [-0.2, -0.15) is 0 Å². The van der Waals surface area contributed by atoms with E-state index >= 15 is 0 Å². The van der Waals surface area contributed by atoms with Gasteiger partial charge in [-0.15, -0.1) is 13.0 Å². The molecule has 282 valence electrons. The minimum absolute atomic E-state index is 0.00144. The molecular formula is C37H56N6O8. The van der Waals surface area contributed by atoms with Crippen LogP contribution in [0.1, 0.15) is 45.7 Å². The molecule has 0 N–H and O–H groups in total. The van der Waals surface area contributed by atoms with Gasteiger partial charge in [-0.25, -0.2) is 0 Å². The SMILES string of the molecule is C#CCN(CC(=O)N(CC)CCOC)C(=O)CN(CCC)C(=O)CN(CC=C)C(=O)CN(CCOC)C(=O)CN(C(C)=O)C(C)c1ccccc1. The van der Waals surface area contributed by atoms with E-state index in [0.29, 0.717) is 26.1 Å². The van der Waals surface area contributed by atoms with E-state index in [0.717, 1.165) is 5.56 Å². The lowest BCUT2D eigenvalue weighted by atomic mass is 10.1. The first-order chi connectivity index (χ1) is 24.4.